The molecule has 0 spiro atoms. The normalized spacial score (nSPS) is 14.4. The summed E-state index contributed by atoms with van der Waals surface area (Å²) in [7, 11) is 0. The number of hydrogen-bond acceptors (Lipinski definition) is 9. The molecule has 3 rings (SSSR count). The number of hydrogen-bond donors (Lipinski definition) is 10. The number of carboxylic acids is 3. The molecule has 1 aromatic heterocycles. The molecule has 2 aromatic carbocycles. The van der Waals surface area contributed by atoms with Crippen molar-refractivity contribution in [1.29, 1.82) is 0 Å². The number of nitrogens with two attached hydrogens (primary N) is 3. The number of nitrogens with one attached hydrogen (secondary N) is 3. The minimum atomic E-state index is -1.10. The second-order valence-corrected chi connectivity index (χ2v) is 11.7. The average Bonchev–Trinajstić information content (AvgIpc) is 3.43. The van der Waals surface area contributed by atoms with Crippen LogP contribution >= 0.6 is 0 Å². The Kier molecular flexibility index (Phi) is 17.5. The first-order valence-corrected chi connectivity index (χ1v) is 15.3. The lowest BCUT2D eigenvalue weighted by atomic mass is 10.0. The highest BCUT2D eigenvalue weighted by atomic mass is 16.4. The molecule has 15 heteroatoms. The van der Waals surface area contributed by atoms with Gasteiger partial charge in [0.1, 0.15) is 24.2 Å². The average molecular weight is 673 g/mol. The highest BCUT2D eigenvalue weighted by molar-refractivity contribution is 5.89. The summed E-state index contributed by atoms with van der Waals surface area (Å²) in [4.78, 5) is 58.9. The van der Waals surface area contributed by atoms with E-state index in [1.165, 1.54) is 13.8 Å². The number of aliphatic hydroxyl groups is 1. The van der Waals surface area contributed by atoms with Crippen molar-refractivity contribution in [1.82, 2.24) is 15.6 Å². The van der Waals surface area contributed by atoms with Crippen LogP contribution in [0.1, 0.15) is 45.2 Å². The van der Waals surface area contributed by atoms with Gasteiger partial charge in [0.25, 0.3) is 0 Å². The van der Waals surface area contributed by atoms with Gasteiger partial charge in [0.05, 0.1) is 12.1 Å². The fraction of sp³-hybridized carbons (Fsp3) is 0.424. The van der Waals surface area contributed by atoms with Gasteiger partial charge in [-0.25, -0.2) is 9.59 Å². The smallest absolute Gasteiger partial charge is 0.326 e. The summed E-state index contributed by atoms with van der Waals surface area (Å²) in [6.07, 6.45) is 1.63. The first kappa shape index (κ1) is 41.2. The number of carbonyl (C=O) groups excluding carboxylic acids is 2. The van der Waals surface area contributed by atoms with E-state index < -0.39 is 66.0 Å². The summed E-state index contributed by atoms with van der Waals surface area (Å²) in [5, 5.41) is 41.1. The van der Waals surface area contributed by atoms with E-state index in [2.05, 4.69) is 15.6 Å². The molecule has 0 radical (unpaired) electrons. The molecule has 2 amide bonds. The maximum absolute atomic E-state index is 12.3. The Morgan fingerprint density at radius 3 is 1.75 bits per heavy atom. The largest absolute Gasteiger partial charge is 0.480 e. The summed E-state index contributed by atoms with van der Waals surface area (Å²) < 4.78 is 0. The number of carbonyl (C=O) groups is 5. The van der Waals surface area contributed by atoms with Gasteiger partial charge in [0.2, 0.25) is 11.8 Å². The predicted molar refractivity (Wildman–Crippen MR) is 180 cm³/mol. The highest BCUT2D eigenvalue weighted by Gasteiger charge is 2.26. The van der Waals surface area contributed by atoms with Crippen LogP contribution in [0.2, 0.25) is 0 Å². The number of amides is 2. The van der Waals surface area contributed by atoms with E-state index in [1.54, 1.807) is 6.20 Å². The Morgan fingerprint density at radius 2 is 1.25 bits per heavy atom. The van der Waals surface area contributed by atoms with Crippen LogP contribution < -0.4 is 27.8 Å². The van der Waals surface area contributed by atoms with Gasteiger partial charge < -0.3 is 53.2 Å². The minimum Gasteiger partial charge on any atom is -0.480 e. The molecule has 264 valence electrons. The number of carboxylic acid groups (broad SMARTS) is 3. The van der Waals surface area contributed by atoms with Crippen LogP contribution in [0.25, 0.3) is 10.9 Å². The van der Waals surface area contributed by atoms with Crippen molar-refractivity contribution in [2.75, 3.05) is 0 Å². The predicted octanol–water partition coefficient (Wildman–Crippen LogP) is 0.578. The summed E-state index contributed by atoms with van der Waals surface area (Å²) in [6, 6.07) is 12.4. The van der Waals surface area contributed by atoms with Gasteiger partial charge in [-0.2, -0.15) is 0 Å². The van der Waals surface area contributed by atoms with Gasteiger partial charge in [-0.05, 0) is 49.8 Å². The molecule has 6 unspecified atom stereocenters. The summed E-state index contributed by atoms with van der Waals surface area (Å²) in [5.74, 6) is -4.13. The van der Waals surface area contributed by atoms with E-state index in [9.17, 15) is 29.1 Å². The standard InChI is InChI=1S/C20H21N3O3.C10H20N2O4.C3H7NO2/c21-16(10-13-6-2-1-3-7-13)19(24)23-18(20(25)26)11-14-12-22-17-9-5-4-8-15(14)17;1-5(2)4-7(10(15)16)12-9(14)8(11)6(3)13;1-2(4)3(5)6/h1-9,12,16,18,22H,10-11,21H2,(H,23,24)(H,25,26);5-8,13H,4,11H2,1-3H3,(H,12,14)(H,15,16);2H,4H2,1H3,(H,5,6). The number of H-pyrrole nitrogens is 1. The van der Waals surface area contributed by atoms with Crippen LogP contribution in [0, 0.1) is 5.92 Å². The maximum Gasteiger partial charge on any atom is 0.326 e. The van der Waals surface area contributed by atoms with Crippen LogP contribution in [-0.4, -0.2) is 91.4 Å². The molecule has 0 bridgehead atoms. The third-order valence-corrected chi connectivity index (χ3v) is 6.88. The van der Waals surface area contributed by atoms with Crippen molar-refractivity contribution in [3.63, 3.8) is 0 Å². The van der Waals surface area contributed by atoms with Gasteiger partial charge in [-0.1, -0.05) is 62.4 Å². The van der Waals surface area contributed by atoms with Gasteiger partial charge in [0.15, 0.2) is 0 Å². The molecule has 15 nitrogen and oxygen atoms in total. The monoisotopic (exact) mass is 672 g/mol. The number of aliphatic carboxylic acids is 3. The minimum absolute atomic E-state index is 0.143. The highest BCUT2D eigenvalue weighted by Crippen LogP contribution is 2.19. The molecule has 1 heterocycles. The molecular formula is C33H48N6O9. The number of aromatic amines is 1. The van der Waals surface area contributed by atoms with Crippen molar-refractivity contribution in [2.24, 2.45) is 23.1 Å². The van der Waals surface area contributed by atoms with Gasteiger partial charge in [0, 0.05) is 23.5 Å². The summed E-state index contributed by atoms with van der Waals surface area (Å²) in [6.45, 7) is 6.51. The molecule has 48 heavy (non-hydrogen) atoms. The molecular weight excluding hydrogens is 624 g/mol. The van der Waals surface area contributed by atoms with Gasteiger partial charge in [-0.15, -0.1) is 0 Å². The van der Waals surface area contributed by atoms with Crippen molar-refractivity contribution in [2.45, 2.75) is 83.3 Å². The molecule has 0 saturated heterocycles. The lowest BCUT2D eigenvalue weighted by molar-refractivity contribution is -0.143. The number of fused-ring (bicyclic) bond motifs is 1. The van der Waals surface area contributed by atoms with E-state index in [0.29, 0.717) is 12.8 Å². The first-order chi connectivity index (χ1) is 22.4. The SMILES string of the molecule is CC(C)CC(NC(=O)C(N)C(C)O)C(=O)O.CC(N)C(=O)O.NC(Cc1ccccc1)C(=O)NC(Cc1c[nH]c2ccccc12)C(=O)O. The number of benzene rings is 2. The van der Waals surface area contributed by atoms with Crippen LogP contribution in [0.15, 0.2) is 60.8 Å². The third kappa shape index (κ3) is 14.7. The van der Waals surface area contributed by atoms with E-state index in [0.717, 1.165) is 22.0 Å². The first-order valence-electron chi connectivity index (χ1n) is 15.3. The number of para-hydroxylation sites is 1. The maximum atomic E-state index is 12.3. The van der Waals surface area contributed by atoms with Crippen molar-refractivity contribution < 1.29 is 44.4 Å². The fourth-order valence-corrected chi connectivity index (χ4v) is 4.14. The molecule has 13 N–H and O–H groups in total. The fourth-order valence-electron chi connectivity index (χ4n) is 4.14. The van der Waals surface area contributed by atoms with E-state index in [4.69, 9.17) is 32.5 Å². The Bertz CT molecular complexity index is 1480. The Hall–Kier alpha value is -4.83. The number of aromatic nitrogens is 1. The number of aliphatic hydroxyl groups excluding tert-OH is 1. The van der Waals surface area contributed by atoms with Crippen LogP contribution in [-0.2, 0) is 36.8 Å². The van der Waals surface area contributed by atoms with E-state index in [-0.39, 0.29) is 12.3 Å². The molecule has 0 saturated carbocycles. The third-order valence-electron chi connectivity index (χ3n) is 6.88. The van der Waals surface area contributed by atoms with E-state index >= 15 is 0 Å². The van der Waals surface area contributed by atoms with Crippen molar-refractivity contribution in [3.8, 4) is 0 Å². The molecule has 0 aliphatic carbocycles. The summed E-state index contributed by atoms with van der Waals surface area (Å²) in [5.41, 5.74) is 18.9. The molecule has 0 aliphatic heterocycles. The molecule has 0 aliphatic rings. The Labute approximate surface area is 278 Å². The van der Waals surface area contributed by atoms with Gasteiger partial charge in [-0.3, -0.25) is 14.4 Å². The van der Waals surface area contributed by atoms with Crippen molar-refractivity contribution in [3.05, 3.63) is 71.9 Å². The number of rotatable bonds is 14. The zero-order valence-electron chi connectivity index (χ0n) is 27.5. The molecule has 3 aromatic rings. The molecule has 0 fully saturated rings. The van der Waals surface area contributed by atoms with Crippen LogP contribution in [0.3, 0.4) is 0 Å². The quantitative estimate of drug-likeness (QED) is 0.113. The van der Waals surface area contributed by atoms with Crippen molar-refractivity contribution >= 4 is 40.6 Å². The van der Waals surface area contributed by atoms with Crippen LogP contribution in [0.4, 0.5) is 0 Å². The topological polar surface area (TPSA) is 284 Å². The second-order valence-electron chi connectivity index (χ2n) is 11.7. The zero-order chi connectivity index (χ0) is 36.6. The molecule has 6 atom stereocenters. The van der Waals surface area contributed by atoms with E-state index in [1.807, 2.05) is 68.4 Å². The second kappa shape index (κ2) is 20.4. The Balaban J connectivity index is 0.000000447. The zero-order valence-corrected chi connectivity index (χ0v) is 27.5. The van der Waals surface area contributed by atoms with Gasteiger partial charge >= 0.3 is 17.9 Å². The lowest BCUT2D eigenvalue weighted by Gasteiger charge is -2.20. The Morgan fingerprint density at radius 1 is 0.729 bits per heavy atom. The lowest BCUT2D eigenvalue weighted by Crippen LogP contribution is -2.52. The summed E-state index contributed by atoms with van der Waals surface area (Å²) >= 11 is 0. The van der Waals surface area contributed by atoms with Crippen LogP contribution in [0.5, 0.6) is 0 Å².